The first-order valence-corrected chi connectivity index (χ1v) is 9.48. The average Bonchev–Trinajstić information content (AvgIpc) is 2.74. The average molecular weight is 406 g/mol. The highest BCUT2D eigenvalue weighted by atomic mass is 35.5. The van der Waals surface area contributed by atoms with Crippen LogP contribution in [0.1, 0.15) is 18.1 Å². The summed E-state index contributed by atoms with van der Waals surface area (Å²) in [5.41, 5.74) is 3.05. The molecule has 1 unspecified atom stereocenters. The van der Waals surface area contributed by atoms with E-state index in [1.165, 1.54) is 0 Å². The number of ether oxygens (including phenoxy) is 1. The van der Waals surface area contributed by atoms with Crippen LogP contribution in [0.25, 0.3) is 0 Å². The Morgan fingerprint density at radius 2 is 1.83 bits per heavy atom. The molecule has 6 heteroatoms. The van der Waals surface area contributed by atoms with Crippen molar-refractivity contribution in [2.24, 2.45) is 0 Å². The van der Waals surface area contributed by atoms with Crippen molar-refractivity contribution in [2.75, 3.05) is 10.6 Å². The van der Waals surface area contributed by atoms with Crippen LogP contribution in [0, 0.1) is 11.3 Å². The van der Waals surface area contributed by atoms with Gasteiger partial charge in [-0.1, -0.05) is 41.9 Å². The summed E-state index contributed by atoms with van der Waals surface area (Å²) in [6.45, 7) is 2.31. The quantitative estimate of drug-likeness (QED) is 0.564. The predicted octanol–water partition coefficient (Wildman–Crippen LogP) is 5.23. The van der Waals surface area contributed by atoms with E-state index in [0.29, 0.717) is 28.6 Å². The van der Waals surface area contributed by atoms with E-state index >= 15 is 0 Å². The summed E-state index contributed by atoms with van der Waals surface area (Å²) >= 11 is 6.35. The zero-order valence-corrected chi connectivity index (χ0v) is 16.6. The predicted molar refractivity (Wildman–Crippen MR) is 115 cm³/mol. The maximum atomic E-state index is 12.4. The van der Waals surface area contributed by atoms with Crippen LogP contribution in [0.4, 0.5) is 11.4 Å². The van der Waals surface area contributed by atoms with Gasteiger partial charge in [-0.15, -0.1) is 0 Å². The summed E-state index contributed by atoms with van der Waals surface area (Å²) in [6.07, 6.45) is -0.711. The molecule has 0 aliphatic carbocycles. The minimum atomic E-state index is -0.711. The molecule has 3 rings (SSSR count). The Morgan fingerprint density at radius 1 is 1.10 bits per heavy atom. The van der Waals surface area contributed by atoms with E-state index in [1.54, 1.807) is 43.3 Å². The number of nitriles is 1. The molecular formula is C23H20ClN3O2. The van der Waals surface area contributed by atoms with E-state index < -0.39 is 6.10 Å². The lowest BCUT2D eigenvalue weighted by atomic mass is 10.2. The van der Waals surface area contributed by atoms with Crippen LogP contribution < -0.4 is 15.4 Å². The number of rotatable bonds is 7. The van der Waals surface area contributed by atoms with Crippen molar-refractivity contribution < 1.29 is 9.53 Å². The number of carbonyl (C=O) groups is 1. The summed E-state index contributed by atoms with van der Waals surface area (Å²) in [4.78, 5) is 12.4. The summed E-state index contributed by atoms with van der Waals surface area (Å²) in [7, 11) is 0. The van der Waals surface area contributed by atoms with E-state index in [-0.39, 0.29) is 5.91 Å². The Hall–Kier alpha value is -3.49. The summed E-state index contributed by atoms with van der Waals surface area (Å²) < 4.78 is 5.62. The first-order valence-electron chi connectivity index (χ1n) is 9.10. The monoisotopic (exact) mass is 405 g/mol. The van der Waals surface area contributed by atoms with Crippen molar-refractivity contribution in [2.45, 2.75) is 19.6 Å². The molecule has 0 bridgehead atoms. The molecule has 0 radical (unpaired) electrons. The van der Waals surface area contributed by atoms with E-state index in [1.807, 2.05) is 42.5 Å². The van der Waals surface area contributed by atoms with Gasteiger partial charge in [0.1, 0.15) is 5.75 Å². The molecule has 3 aromatic carbocycles. The van der Waals surface area contributed by atoms with Crippen LogP contribution in [0.2, 0.25) is 5.02 Å². The molecule has 0 fully saturated rings. The van der Waals surface area contributed by atoms with Crippen LogP contribution >= 0.6 is 11.6 Å². The summed E-state index contributed by atoms with van der Waals surface area (Å²) in [5, 5.41) is 15.4. The fraction of sp³-hybridized carbons (Fsp3) is 0.130. The molecule has 3 aromatic rings. The third-order valence-corrected chi connectivity index (χ3v) is 4.54. The maximum Gasteiger partial charge on any atom is 0.265 e. The molecule has 0 spiro atoms. The molecule has 1 atom stereocenters. The van der Waals surface area contributed by atoms with Gasteiger partial charge in [0.25, 0.3) is 5.91 Å². The van der Waals surface area contributed by atoms with E-state index in [9.17, 15) is 4.79 Å². The Morgan fingerprint density at radius 3 is 2.48 bits per heavy atom. The molecule has 1 amide bonds. The highest BCUT2D eigenvalue weighted by molar-refractivity contribution is 6.33. The lowest BCUT2D eigenvalue weighted by molar-refractivity contribution is -0.122. The van der Waals surface area contributed by atoms with Crippen molar-refractivity contribution in [3.8, 4) is 11.8 Å². The number of benzene rings is 3. The standard InChI is InChI=1S/C23H20ClN3O2/c1-16(29-20-10-7-17(14-25)8-11-20)23(28)27-19-9-12-22(21(24)13-19)26-15-18-5-3-2-4-6-18/h2-13,16,26H,15H2,1H3,(H,27,28). The van der Waals surface area contributed by atoms with Gasteiger partial charge in [-0.3, -0.25) is 4.79 Å². The fourth-order valence-corrected chi connectivity index (χ4v) is 2.89. The lowest BCUT2D eigenvalue weighted by Crippen LogP contribution is -2.30. The molecule has 2 N–H and O–H groups in total. The van der Waals surface area contributed by atoms with Crippen molar-refractivity contribution in [1.29, 1.82) is 5.26 Å². The van der Waals surface area contributed by atoms with Gasteiger partial charge in [0, 0.05) is 12.2 Å². The Balaban J connectivity index is 1.56. The van der Waals surface area contributed by atoms with Crippen molar-refractivity contribution >= 4 is 28.9 Å². The van der Waals surface area contributed by atoms with Gasteiger partial charge in [-0.05, 0) is 55.0 Å². The second-order valence-electron chi connectivity index (χ2n) is 6.42. The molecule has 0 saturated carbocycles. The van der Waals surface area contributed by atoms with E-state index in [2.05, 4.69) is 10.6 Å². The molecule has 0 aliphatic rings. The van der Waals surface area contributed by atoms with Crippen LogP contribution in [0.15, 0.2) is 72.8 Å². The third-order valence-electron chi connectivity index (χ3n) is 4.23. The number of amides is 1. The number of carbonyl (C=O) groups excluding carboxylic acids is 1. The van der Waals surface area contributed by atoms with Gasteiger partial charge in [-0.25, -0.2) is 0 Å². The minimum Gasteiger partial charge on any atom is -0.481 e. The zero-order chi connectivity index (χ0) is 20.6. The zero-order valence-electron chi connectivity index (χ0n) is 15.9. The first kappa shape index (κ1) is 20.2. The molecule has 5 nitrogen and oxygen atoms in total. The lowest BCUT2D eigenvalue weighted by Gasteiger charge is -2.16. The Kier molecular flexibility index (Phi) is 6.72. The van der Waals surface area contributed by atoms with Crippen molar-refractivity contribution in [3.05, 3.63) is 88.9 Å². The van der Waals surface area contributed by atoms with Gasteiger partial charge in [0.05, 0.1) is 22.3 Å². The number of nitrogens with one attached hydrogen (secondary N) is 2. The Labute approximate surface area is 174 Å². The van der Waals surface area contributed by atoms with Gasteiger partial charge >= 0.3 is 0 Å². The van der Waals surface area contributed by atoms with E-state index in [4.69, 9.17) is 21.6 Å². The number of nitrogens with zero attached hydrogens (tertiary/aromatic N) is 1. The van der Waals surface area contributed by atoms with Gasteiger partial charge in [0.15, 0.2) is 6.10 Å². The molecular weight excluding hydrogens is 386 g/mol. The fourth-order valence-electron chi connectivity index (χ4n) is 2.64. The van der Waals surface area contributed by atoms with Crippen LogP contribution in [0.5, 0.6) is 5.75 Å². The normalized spacial score (nSPS) is 11.2. The largest absolute Gasteiger partial charge is 0.481 e. The van der Waals surface area contributed by atoms with Gasteiger partial charge < -0.3 is 15.4 Å². The topological polar surface area (TPSA) is 74.1 Å². The van der Waals surface area contributed by atoms with E-state index in [0.717, 1.165) is 11.3 Å². The molecule has 0 aliphatic heterocycles. The second kappa shape index (κ2) is 9.63. The Bertz CT molecular complexity index is 1010. The number of hydrogen-bond acceptors (Lipinski definition) is 4. The minimum absolute atomic E-state index is 0.296. The number of hydrogen-bond donors (Lipinski definition) is 2. The second-order valence-corrected chi connectivity index (χ2v) is 6.83. The molecule has 0 aromatic heterocycles. The summed E-state index contributed by atoms with van der Waals surface area (Å²) in [5.74, 6) is 0.223. The molecule has 146 valence electrons. The van der Waals surface area contributed by atoms with Crippen molar-refractivity contribution in [1.82, 2.24) is 0 Å². The van der Waals surface area contributed by atoms with Crippen LogP contribution in [-0.2, 0) is 11.3 Å². The van der Waals surface area contributed by atoms with Gasteiger partial charge in [0.2, 0.25) is 0 Å². The number of halogens is 1. The van der Waals surface area contributed by atoms with Crippen molar-refractivity contribution in [3.63, 3.8) is 0 Å². The first-order chi connectivity index (χ1) is 14.0. The van der Waals surface area contributed by atoms with Crippen LogP contribution in [0.3, 0.4) is 0 Å². The molecule has 0 heterocycles. The highest BCUT2D eigenvalue weighted by Gasteiger charge is 2.15. The number of anilines is 2. The molecule has 0 saturated heterocycles. The highest BCUT2D eigenvalue weighted by Crippen LogP contribution is 2.26. The van der Waals surface area contributed by atoms with Crippen LogP contribution in [-0.4, -0.2) is 12.0 Å². The van der Waals surface area contributed by atoms with Gasteiger partial charge in [-0.2, -0.15) is 5.26 Å². The SMILES string of the molecule is CC(Oc1ccc(C#N)cc1)C(=O)Nc1ccc(NCc2ccccc2)c(Cl)c1. The summed E-state index contributed by atoms with van der Waals surface area (Å²) in [6, 6.07) is 23.9. The molecule has 29 heavy (non-hydrogen) atoms. The maximum absolute atomic E-state index is 12.4. The third kappa shape index (κ3) is 5.74. The smallest absolute Gasteiger partial charge is 0.265 e.